The quantitative estimate of drug-likeness (QED) is 0.204. The van der Waals surface area contributed by atoms with Crippen LogP contribution in [0.2, 0.25) is 0 Å². The molecule has 0 N–H and O–H groups in total. The van der Waals surface area contributed by atoms with Crippen molar-refractivity contribution in [3.05, 3.63) is 149 Å². The Kier molecular flexibility index (Phi) is 5.43. The molecular formula is C40H31NS. The van der Waals surface area contributed by atoms with E-state index in [0.29, 0.717) is 16.4 Å². The Labute approximate surface area is 251 Å². The van der Waals surface area contributed by atoms with Gasteiger partial charge in [-0.3, -0.25) is 0 Å². The predicted molar refractivity (Wildman–Crippen MR) is 180 cm³/mol. The Morgan fingerprint density at radius 3 is 1.95 bits per heavy atom. The SMILES string of the molecule is CC1=Cc2c(-c3ccccc3)cccc2C1SC1C(C2CC2)=Cc2c1cccc2-n1c2ccccc2c2ccccc21. The molecule has 1 fully saturated rings. The molecule has 5 aromatic carbocycles. The molecule has 2 unspecified atom stereocenters. The lowest BCUT2D eigenvalue weighted by Gasteiger charge is -2.23. The predicted octanol–water partition coefficient (Wildman–Crippen LogP) is 11.2. The fourth-order valence-corrected chi connectivity index (χ4v) is 9.04. The first-order valence-corrected chi connectivity index (χ1v) is 16.1. The van der Waals surface area contributed by atoms with Crippen LogP contribution >= 0.6 is 11.8 Å². The first kappa shape index (κ1) is 24.3. The Morgan fingerprint density at radius 1 is 0.595 bits per heavy atom. The van der Waals surface area contributed by atoms with E-state index in [1.807, 2.05) is 0 Å². The van der Waals surface area contributed by atoms with Gasteiger partial charge in [0, 0.05) is 16.3 Å². The highest BCUT2D eigenvalue weighted by atomic mass is 32.2. The normalized spacial score (nSPS) is 19.2. The molecule has 2 atom stereocenters. The third-order valence-electron chi connectivity index (χ3n) is 9.45. The van der Waals surface area contributed by atoms with Gasteiger partial charge in [0.1, 0.15) is 0 Å². The third-order valence-corrected chi connectivity index (χ3v) is 11.1. The van der Waals surface area contributed by atoms with Crippen LogP contribution < -0.4 is 0 Å². The maximum atomic E-state index is 2.57. The highest BCUT2D eigenvalue weighted by molar-refractivity contribution is 8.00. The van der Waals surface area contributed by atoms with Gasteiger partial charge >= 0.3 is 0 Å². The fourth-order valence-electron chi connectivity index (χ4n) is 7.36. The molecule has 3 aliphatic carbocycles. The monoisotopic (exact) mass is 557 g/mol. The van der Waals surface area contributed by atoms with Crippen molar-refractivity contribution in [1.82, 2.24) is 4.57 Å². The van der Waals surface area contributed by atoms with E-state index in [4.69, 9.17) is 0 Å². The summed E-state index contributed by atoms with van der Waals surface area (Å²) in [5.41, 5.74) is 15.3. The minimum absolute atomic E-state index is 0.360. The molecule has 3 aliphatic rings. The lowest BCUT2D eigenvalue weighted by molar-refractivity contribution is 0.941. The Hall–Kier alpha value is -4.27. The minimum atomic E-state index is 0.360. The zero-order chi connectivity index (χ0) is 27.8. The van der Waals surface area contributed by atoms with E-state index in [0.717, 1.165) is 0 Å². The van der Waals surface area contributed by atoms with E-state index < -0.39 is 0 Å². The van der Waals surface area contributed by atoms with Gasteiger partial charge in [0.15, 0.2) is 0 Å². The topological polar surface area (TPSA) is 4.93 Å². The molecule has 1 saturated carbocycles. The van der Waals surface area contributed by atoms with Gasteiger partial charge in [0.05, 0.1) is 27.2 Å². The number of thioether (sulfide) groups is 1. The summed E-state index contributed by atoms with van der Waals surface area (Å²) in [4.78, 5) is 0. The lowest BCUT2D eigenvalue weighted by Crippen LogP contribution is -2.03. The molecule has 0 bridgehead atoms. The molecule has 0 amide bonds. The van der Waals surface area contributed by atoms with Gasteiger partial charge in [-0.15, -0.1) is 11.8 Å². The van der Waals surface area contributed by atoms with E-state index in [2.05, 4.69) is 151 Å². The molecule has 0 radical (unpaired) electrons. The molecule has 42 heavy (non-hydrogen) atoms. The molecule has 1 nitrogen and oxygen atoms in total. The molecular weight excluding hydrogens is 527 g/mol. The maximum Gasteiger partial charge on any atom is 0.0541 e. The zero-order valence-corrected chi connectivity index (χ0v) is 24.4. The van der Waals surface area contributed by atoms with E-state index in [1.165, 1.54) is 79.3 Å². The number of para-hydroxylation sites is 2. The Bertz CT molecular complexity index is 2040. The molecule has 1 aromatic heterocycles. The van der Waals surface area contributed by atoms with Crippen LogP contribution in [0, 0.1) is 5.92 Å². The van der Waals surface area contributed by atoms with Crippen molar-refractivity contribution in [1.29, 1.82) is 0 Å². The maximum absolute atomic E-state index is 2.57. The summed E-state index contributed by atoms with van der Waals surface area (Å²) < 4.78 is 2.50. The Morgan fingerprint density at radius 2 is 1.24 bits per heavy atom. The van der Waals surface area contributed by atoms with Gasteiger partial charge in [0.2, 0.25) is 0 Å². The number of nitrogens with zero attached hydrogens (tertiary/aromatic N) is 1. The summed E-state index contributed by atoms with van der Waals surface area (Å²) in [5.74, 6) is 0.710. The van der Waals surface area contributed by atoms with Crippen molar-refractivity contribution in [2.75, 3.05) is 0 Å². The van der Waals surface area contributed by atoms with Gasteiger partial charge in [-0.1, -0.05) is 115 Å². The number of aromatic nitrogens is 1. The van der Waals surface area contributed by atoms with Crippen LogP contribution in [0.15, 0.2) is 126 Å². The highest BCUT2D eigenvalue weighted by Crippen LogP contribution is 2.60. The van der Waals surface area contributed by atoms with Crippen molar-refractivity contribution in [3.8, 4) is 16.8 Å². The van der Waals surface area contributed by atoms with E-state index in [-0.39, 0.29) is 0 Å². The molecule has 6 aromatic rings. The van der Waals surface area contributed by atoms with Crippen LogP contribution in [-0.4, -0.2) is 4.57 Å². The molecule has 0 aliphatic heterocycles. The summed E-state index contributed by atoms with van der Waals surface area (Å²) in [6.45, 7) is 2.33. The highest BCUT2D eigenvalue weighted by Gasteiger charge is 2.40. The van der Waals surface area contributed by atoms with Crippen molar-refractivity contribution < 1.29 is 0 Å². The summed E-state index contributed by atoms with van der Waals surface area (Å²) in [6.07, 6.45) is 7.64. The standard InChI is InChI=1S/C40H31NS/c1-25-23-34-28(26-11-3-2-4-12-26)15-9-16-31(34)39(25)42-40-32-17-10-20-38(35(32)24-33(40)27-21-22-27)41-36-18-7-5-13-29(36)30-14-6-8-19-37(30)41/h2-20,23-24,27,39-40H,21-22H2,1H3. The van der Waals surface area contributed by atoms with Gasteiger partial charge in [-0.25, -0.2) is 0 Å². The number of fused-ring (bicyclic) bond motifs is 5. The van der Waals surface area contributed by atoms with Crippen LogP contribution in [0.1, 0.15) is 52.5 Å². The average molecular weight is 558 g/mol. The van der Waals surface area contributed by atoms with E-state index in [9.17, 15) is 0 Å². The second-order valence-corrected chi connectivity index (χ2v) is 13.2. The number of rotatable bonds is 5. The van der Waals surface area contributed by atoms with Crippen molar-refractivity contribution in [3.63, 3.8) is 0 Å². The zero-order valence-electron chi connectivity index (χ0n) is 23.6. The summed E-state index contributed by atoms with van der Waals surface area (Å²) in [7, 11) is 0. The van der Waals surface area contributed by atoms with E-state index >= 15 is 0 Å². The van der Waals surface area contributed by atoms with Crippen LogP contribution in [0.4, 0.5) is 0 Å². The van der Waals surface area contributed by atoms with Gasteiger partial charge in [0.25, 0.3) is 0 Å². The van der Waals surface area contributed by atoms with Crippen LogP contribution in [-0.2, 0) is 0 Å². The number of hydrogen-bond donors (Lipinski definition) is 0. The molecule has 0 saturated heterocycles. The first-order chi connectivity index (χ1) is 20.8. The number of hydrogen-bond acceptors (Lipinski definition) is 1. The summed E-state index contributed by atoms with van der Waals surface area (Å²) in [5, 5.41) is 3.37. The van der Waals surface area contributed by atoms with Crippen LogP contribution in [0.5, 0.6) is 0 Å². The smallest absolute Gasteiger partial charge is 0.0541 e. The fraction of sp³-hybridized carbons (Fsp3) is 0.150. The van der Waals surface area contributed by atoms with Crippen molar-refractivity contribution >= 4 is 45.7 Å². The number of benzene rings is 5. The first-order valence-electron chi connectivity index (χ1n) is 15.1. The average Bonchev–Trinajstić information content (AvgIpc) is 3.64. The second-order valence-electron chi connectivity index (χ2n) is 12.0. The third kappa shape index (κ3) is 3.65. The molecule has 0 spiro atoms. The van der Waals surface area contributed by atoms with Gasteiger partial charge in [-0.2, -0.15) is 0 Å². The second kappa shape index (κ2) is 9.37. The van der Waals surface area contributed by atoms with E-state index in [1.54, 1.807) is 5.57 Å². The summed E-state index contributed by atoms with van der Waals surface area (Å²) in [6, 6.07) is 42.5. The van der Waals surface area contributed by atoms with Gasteiger partial charge < -0.3 is 4.57 Å². The minimum Gasteiger partial charge on any atom is -0.309 e. The van der Waals surface area contributed by atoms with Gasteiger partial charge in [-0.05, 0) is 77.3 Å². The largest absolute Gasteiger partial charge is 0.309 e. The van der Waals surface area contributed by atoms with Crippen LogP contribution in [0.25, 0.3) is 50.8 Å². The van der Waals surface area contributed by atoms with Crippen molar-refractivity contribution in [2.45, 2.75) is 30.3 Å². The van der Waals surface area contributed by atoms with Crippen molar-refractivity contribution in [2.24, 2.45) is 5.92 Å². The Balaban J connectivity index is 1.17. The summed E-state index contributed by atoms with van der Waals surface area (Å²) >= 11 is 2.16. The lowest BCUT2D eigenvalue weighted by atomic mass is 9.97. The molecule has 1 heterocycles. The molecule has 202 valence electrons. The van der Waals surface area contributed by atoms with Crippen LogP contribution in [0.3, 0.4) is 0 Å². The molecule has 2 heteroatoms. The molecule has 9 rings (SSSR count).